The van der Waals surface area contributed by atoms with Crippen molar-refractivity contribution in [2.75, 3.05) is 13.2 Å². The first-order valence-corrected chi connectivity index (χ1v) is 5.21. The molecule has 0 saturated carbocycles. The van der Waals surface area contributed by atoms with Crippen molar-refractivity contribution in [1.82, 2.24) is 5.32 Å². The molecule has 1 rings (SSSR count). The maximum Gasteiger partial charge on any atom is 0.307 e. The minimum atomic E-state index is -0.223. The van der Waals surface area contributed by atoms with Crippen LogP contribution < -0.4 is 5.32 Å². The second kappa shape index (κ2) is 7.36. The van der Waals surface area contributed by atoms with Crippen LogP contribution in [0.5, 0.6) is 0 Å². The number of terminal acetylenes is 1. The van der Waals surface area contributed by atoms with Crippen molar-refractivity contribution < 1.29 is 9.53 Å². The lowest BCUT2D eigenvalue weighted by molar-refractivity contribution is -0.143. The van der Waals surface area contributed by atoms with Crippen LogP contribution in [0.15, 0.2) is 30.3 Å². The molecule has 0 radical (unpaired) electrons. The molecule has 1 aromatic rings. The van der Waals surface area contributed by atoms with Gasteiger partial charge in [0.05, 0.1) is 13.0 Å². The molecule has 0 aliphatic heterocycles. The van der Waals surface area contributed by atoms with Gasteiger partial charge in [0.15, 0.2) is 0 Å². The standard InChI is InChI=1S/C13H15NO2/c1-2-14-10-8-13(15)16-11-9-12-6-4-3-5-7-12/h1,3-7,14H,8-11H2. The van der Waals surface area contributed by atoms with Gasteiger partial charge in [0.1, 0.15) is 0 Å². The van der Waals surface area contributed by atoms with Crippen molar-refractivity contribution in [3.05, 3.63) is 35.9 Å². The van der Waals surface area contributed by atoms with Crippen LogP contribution in [-0.4, -0.2) is 19.1 Å². The second-order valence-corrected chi connectivity index (χ2v) is 3.28. The quantitative estimate of drug-likeness (QED) is 0.338. The largest absolute Gasteiger partial charge is 0.465 e. The van der Waals surface area contributed by atoms with Crippen LogP contribution >= 0.6 is 0 Å². The molecule has 0 aromatic heterocycles. The van der Waals surface area contributed by atoms with Gasteiger partial charge >= 0.3 is 5.97 Å². The van der Waals surface area contributed by atoms with Crippen LogP contribution in [-0.2, 0) is 16.0 Å². The summed E-state index contributed by atoms with van der Waals surface area (Å²) in [5.74, 6) is -0.223. The van der Waals surface area contributed by atoms with Gasteiger partial charge in [0.25, 0.3) is 0 Å². The lowest BCUT2D eigenvalue weighted by Gasteiger charge is -2.04. The molecule has 1 aromatic carbocycles. The summed E-state index contributed by atoms with van der Waals surface area (Å²) in [6, 6.07) is 12.2. The number of benzene rings is 1. The molecular weight excluding hydrogens is 202 g/mol. The molecule has 1 N–H and O–H groups in total. The van der Waals surface area contributed by atoms with Gasteiger partial charge < -0.3 is 10.1 Å². The van der Waals surface area contributed by atoms with Crippen molar-refractivity contribution in [2.45, 2.75) is 12.8 Å². The molecule has 0 heterocycles. The van der Waals surface area contributed by atoms with E-state index in [2.05, 4.69) is 11.4 Å². The number of carbonyl (C=O) groups excluding carboxylic acids is 1. The molecule has 0 aliphatic rings. The zero-order valence-electron chi connectivity index (χ0n) is 9.11. The van der Waals surface area contributed by atoms with E-state index in [1.54, 1.807) is 0 Å². The summed E-state index contributed by atoms with van der Waals surface area (Å²) < 4.78 is 5.04. The van der Waals surface area contributed by atoms with Crippen LogP contribution in [0.25, 0.3) is 0 Å². The lowest BCUT2D eigenvalue weighted by atomic mass is 10.2. The third kappa shape index (κ3) is 5.06. The Bertz CT molecular complexity index is 354. The molecule has 0 bridgehead atoms. The zero-order chi connectivity index (χ0) is 11.6. The average Bonchev–Trinajstić information content (AvgIpc) is 2.31. The van der Waals surface area contributed by atoms with E-state index in [4.69, 9.17) is 11.2 Å². The third-order valence-electron chi connectivity index (χ3n) is 2.05. The van der Waals surface area contributed by atoms with E-state index >= 15 is 0 Å². The van der Waals surface area contributed by atoms with Gasteiger partial charge in [-0.25, -0.2) is 0 Å². The Labute approximate surface area is 95.8 Å². The fourth-order valence-corrected chi connectivity index (χ4v) is 1.24. The molecule has 0 amide bonds. The van der Waals surface area contributed by atoms with Crippen molar-refractivity contribution in [3.63, 3.8) is 0 Å². The molecule has 0 saturated heterocycles. The molecule has 84 valence electrons. The Kier molecular flexibility index (Phi) is 5.57. The number of hydrogen-bond donors (Lipinski definition) is 1. The first-order valence-electron chi connectivity index (χ1n) is 5.21. The van der Waals surface area contributed by atoms with Gasteiger partial charge in [-0.2, -0.15) is 0 Å². The summed E-state index contributed by atoms with van der Waals surface area (Å²) in [4.78, 5) is 11.2. The van der Waals surface area contributed by atoms with Crippen LogP contribution in [0.2, 0.25) is 0 Å². The van der Waals surface area contributed by atoms with E-state index in [-0.39, 0.29) is 5.97 Å². The van der Waals surface area contributed by atoms with Gasteiger partial charge in [-0.15, -0.1) is 0 Å². The highest BCUT2D eigenvalue weighted by molar-refractivity contribution is 5.69. The number of hydrogen-bond acceptors (Lipinski definition) is 3. The normalized spacial score (nSPS) is 9.19. The highest BCUT2D eigenvalue weighted by Gasteiger charge is 2.01. The van der Waals surface area contributed by atoms with Gasteiger partial charge in [-0.05, 0) is 5.56 Å². The fraction of sp³-hybridized carbons (Fsp3) is 0.308. The maximum absolute atomic E-state index is 11.2. The summed E-state index contributed by atoms with van der Waals surface area (Å²) in [7, 11) is 0. The Morgan fingerprint density at radius 1 is 1.38 bits per heavy atom. The van der Waals surface area contributed by atoms with Crippen molar-refractivity contribution in [1.29, 1.82) is 0 Å². The Morgan fingerprint density at radius 2 is 2.12 bits per heavy atom. The second-order valence-electron chi connectivity index (χ2n) is 3.28. The van der Waals surface area contributed by atoms with Crippen molar-refractivity contribution >= 4 is 5.97 Å². The van der Waals surface area contributed by atoms with Crippen LogP contribution in [0.4, 0.5) is 0 Å². The minimum Gasteiger partial charge on any atom is -0.465 e. The topological polar surface area (TPSA) is 38.3 Å². The molecule has 0 unspecified atom stereocenters. The molecular formula is C13H15NO2. The van der Waals surface area contributed by atoms with E-state index in [0.29, 0.717) is 19.6 Å². The number of rotatable bonds is 6. The zero-order valence-corrected chi connectivity index (χ0v) is 9.11. The summed E-state index contributed by atoms with van der Waals surface area (Å²) in [6.07, 6.45) is 6.03. The highest BCUT2D eigenvalue weighted by atomic mass is 16.5. The third-order valence-corrected chi connectivity index (χ3v) is 2.05. The van der Waals surface area contributed by atoms with Crippen LogP contribution in [0.3, 0.4) is 0 Å². The van der Waals surface area contributed by atoms with E-state index in [0.717, 1.165) is 12.0 Å². The van der Waals surface area contributed by atoms with Gasteiger partial charge in [0, 0.05) is 19.0 Å². The number of esters is 1. The predicted molar refractivity (Wildman–Crippen MR) is 62.6 cm³/mol. The average molecular weight is 217 g/mol. The SMILES string of the molecule is C#CNCCC(=O)OCCc1ccccc1. The van der Waals surface area contributed by atoms with Crippen molar-refractivity contribution in [3.8, 4) is 12.5 Å². The smallest absolute Gasteiger partial charge is 0.307 e. The van der Waals surface area contributed by atoms with Crippen molar-refractivity contribution in [2.24, 2.45) is 0 Å². The maximum atomic E-state index is 11.2. The summed E-state index contributed by atoms with van der Waals surface area (Å²) in [5, 5.41) is 2.61. The number of ether oxygens (including phenoxy) is 1. The Morgan fingerprint density at radius 3 is 2.81 bits per heavy atom. The fourth-order valence-electron chi connectivity index (χ4n) is 1.24. The first-order chi connectivity index (χ1) is 7.83. The Hall–Kier alpha value is -1.95. The van der Waals surface area contributed by atoms with Crippen LogP contribution in [0, 0.1) is 12.5 Å². The van der Waals surface area contributed by atoms with E-state index in [1.165, 1.54) is 0 Å². The summed E-state index contributed by atoms with van der Waals surface area (Å²) in [5.41, 5.74) is 1.16. The van der Waals surface area contributed by atoms with E-state index in [9.17, 15) is 4.79 Å². The minimum absolute atomic E-state index is 0.223. The molecule has 0 aliphatic carbocycles. The molecule has 0 spiro atoms. The first kappa shape index (κ1) is 12.1. The van der Waals surface area contributed by atoms with E-state index < -0.39 is 0 Å². The van der Waals surface area contributed by atoms with Gasteiger partial charge in [-0.1, -0.05) is 36.8 Å². The van der Waals surface area contributed by atoms with E-state index in [1.807, 2.05) is 30.3 Å². The number of nitrogens with one attached hydrogen (secondary N) is 1. The lowest BCUT2D eigenvalue weighted by Crippen LogP contribution is -2.15. The number of carbonyl (C=O) groups is 1. The molecule has 0 atom stereocenters. The molecule has 0 fully saturated rings. The van der Waals surface area contributed by atoms with Crippen LogP contribution in [0.1, 0.15) is 12.0 Å². The molecule has 3 heteroatoms. The monoisotopic (exact) mass is 217 g/mol. The summed E-state index contributed by atoms with van der Waals surface area (Å²) in [6.45, 7) is 0.875. The summed E-state index contributed by atoms with van der Waals surface area (Å²) >= 11 is 0. The predicted octanol–water partition coefficient (Wildman–Crippen LogP) is 1.34. The van der Waals surface area contributed by atoms with Gasteiger partial charge in [0.2, 0.25) is 0 Å². The highest BCUT2D eigenvalue weighted by Crippen LogP contribution is 1.99. The Balaban J connectivity index is 2.12. The molecule has 3 nitrogen and oxygen atoms in total. The molecule has 16 heavy (non-hydrogen) atoms. The van der Waals surface area contributed by atoms with Gasteiger partial charge in [-0.3, -0.25) is 4.79 Å².